The van der Waals surface area contributed by atoms with Gasteiger partial charge in [-0.3, -0.25) is 33.6 Å². The Bertz CT molecular complexity index is 3560. The largest absolute Gasteiger partial charge is 0.493 e. The van der Waals surface area contributed by atoms with Crippen LogP contribution in [0.5, 0.6) is 23.0 Å². The Balaban J connectivity index is 1.10. The number of hydrogen-bond acceptors (Lipinski definition) is 17. The van der Waals surface area contributed by atoms with E-state index in [1.807, 2.05) is 12.1 Å². The van der Waals surface area contributed by atoms with Gasteiger partial charge in [0.15, 0.2) is 18.1 Å². The molecule has 2 bridgehead atoms. The summed E-state index contributed by atoms with van der Waals surface area (Å²) in [6.07, 6.45) is 2.97. The van der Waals surface area contributed by atoms with Gasteiger partial charge in [-0.15, -0.1) is 0 Å². The van der Waals surface area contributed by atoms with Crippen LogP contribution < -0.4 is 34.9 Å². The van der Waals surface area contributed by atoms with E-state index in [0.29, 0.717) is 73.8 Å². The number of morpholine rings is 1. The lowest BCUT2D eigenvalue weighted by Crippen LogP contribution is -2.57. The standard InChI is InChI=1S/C72H85N7O17/c1-72(2)47-94-64(82)25-14-15-34-76(3)67(85)56(41-48-18-9-7-10-19-48)74-62(80)45-77(4)68(86)57(42-49-20-11-8-12-21-49)75-66(84)55(40-50-26-30-53(31-27-50)95-71(89)78-36-38-92-39-37-78)73-63(81)46-93-54-23-17-22-52(44-54)59(32-28-51-29-33-60(90-5)61(43-51)91-6)96-70(88)58-24-13-16-35-79(58)69(87)65(72)83/h7-12,14,17-23,25-27,29-31,33,43-44,55-59H,13,15-16,24,28,32,34-42,45-47H2,1-6H3,(H,73,81)(H,74,80)(H,75,84)/t55-,56+,57+,58-,59+/m0/s1. The molecule has 0 radical (unpaired) electrons. The topological polar surface area (TPSA) is 284 Å². The van der Waals surface area contributed by atoms with E-state index in [4.69, 9.17) is 33.2 Å². The Morgan fingerprint density at radius 2 is 1.25 bits per heavy atom. The van der Waals surface area contributed by atoms with Crippen LogP contribution in [-0.4, -0.2) is 190 Å². The van der Waals surface area contributed by atoms with E-state index >= 15 is 0 Å². The van der Waals surface area contributed by atoms with Crippen molar-refractivity contribution < 1.29 is 81.1 Å². The number of ketones is 1. The number of piperidine rings is 1. The average molecular weight is 1320 g/mol. The summed E-state index contributed by atoms with van der Waals surface area (Å²) in [5.41, 5.74) is 1.67. The van der Waals surface area contributed by atoms with Crippen molar-refractivity contribution in [2.24, 2.45) is 5.41 Å². The molecule has 3 N–H and O–H groups in total. The van der Waals surface area contributed by atoms with Crippen molar-refractivity contribution >= 4 is 59.3 Å². The summed E-state index contributed by atoms with van der Waals surface area (Å²) in [4.78, 5) is 147. The number of esters is 2. The lowest BCUT2D eigenvalue weighted by molar-refractivity contribution is -0.165. The fourth-order valence-electron chi connectivity index (χ4n) is 11.3. The van der Waals surface area contributed by atoms with Crippen molar-refractivity contribution in [3.8, 4) is 23.0 Å². The lowest BCUT2D eigenvalue weighted by Gasteiger charge is -2.36. The highest BCUT2D eigenvalue weighted by Crippen LogP contribution is 2.33. The van der Waals surface area contributed by atoms with E-state index in [1.54, 1.807) is 115 Å². The number of ether oxygens (including phenoxy) is 7. The molecule has 24 heteroatoms. The van der Waals surface area contributed by atoms with Crippen molar-refractivity contribution in [3.63, 3.8) is 0 Å². The monoisotopic (exact) mass is 1320 g/mol. The number of carbonyl (C=O) groups is 10. The quantitative estimate of drug-likeness (QED) is 0.0996. The van der Waals surface area contributed by atoms with Crippen molar-refractivity contribution in [1.82, 2.24) is 35.6 Å². The van der Waals surface area contributed by atoms with Gasteiger partial charge in [-0.25, -0.2) is 14.4 Å². The number of nitrogens with zero attached hydrogens (tertiary/aromatic N) is 4. The Labute approximate surface area is 558 Å². The number of likely N-dealkylation sites (N-methyl/N-ethyl adjacent to an activating group) is 2. The van der Waals surface area contributed by atoms with E-state index in [2.05, 4.69) is 16.0 Å². The van der Waals surface area contributed by atoms with Crippen LogP contribution in [0.25, 0.3) is 0 Å². The van der Waals surface area contributed by atoms with E-state index in [0.717, 1.165) is 22.1 Å². The minimum Gasteiger partial charge on any atom is -0.493 e. The van der Waals surface area contributed by atoms with Crippen LogP contribution in [0.1, 0.15) is 79.9 Å². The number of aryl methyl sites for hydroxylation is 1. The summed E-state index contributed by atoms with van der Waals surface area (Å²) in [5.74, 6) is -5.34. The van der Waals surface area contributed by atoms with Crippen molar-refractivity contribution in [3.05, 3.63) is 167 Å². The number of nitrogens with one attached hydrogen (secondary N) is 3. The first kappa shape index (κ1) is 71.7. The van der Waals surface area contributed by atoms with E-state index in [-0.39, 0.29) is 63.1 Å². The summed E-state index contributed by atoms with van der Waals surface area (Å²) in [6, 6.07) is 31.3. The molecule has 3 aliphatic rings. The van der Waals surface area contributed by atoms with Crippen LogP contribution in [0.4, 0.5) is 4.79 Å². The maximum Gasteiger partial charge on any atom is 0.415 e. The molecule has 0 unspecified atom stereocenters. The third kappa shape index (κ3) is 20.7. The molecule has 2 fully saturated rings. The highest BCUT2D eigenvalue weighted by Gasteiger charge is 2.43. The summed E-state index contributed by atoms with van der Waals surface area (Å²) in [7, 11) is 5.97. The first-order valence-electron chi connectivity index (χ1n) is 32.1. The van der Waals surface area contributed by atoms with Crippen LogP contribution >= 0.6 is 0 Å². The number of fused-ring (bicyclic) bond motifs is 3. The molecule has 0 saturated carbocycles. The number of hydrogen-bond donors (Lipinski definition) is 3. The molecule has 96 heavy (non-hydrogen) atoms. The Kier molecular flexibility index (Phi) is 26.1. The Morgan fingerprint density at radius 3 is 1.93 bits per heavy atom. The van der Waals surface area contributed by atoms with E-state index in [1.165, 1.54) is 62.9 Å². The zero-order valence-corrected chi connectivity index (χ0v) is 55.1. The maximum atomic E-state index is 14.9. The van der Waals surface area contributed by atoms with Gasteiger partial charge in [0.2, 0.25) is 29.4 Å². The van der Waals surface area contributed by atoms with Gasteiger partial charge in [0.1, 0.15) is 48.4 Å². The molecule has 3 aliphatic heterocycles. The number of Topliss-reactive ketones (excluding diaryl/α,β-unsaturated/α-hetero) is 1. The highest BCUT2D eigenvalue weighted by atomic mass is 16.6. The molecule has 3 heterocycles. The molecule has 0 aromatic heterocycles. The van der Waals surface area contributed by atoms with Gasteiger partial charge in [-0.1, -0.05) is 97.1 Å². The summed E-state index contributed by atoms with van der Waals surface area (Å²) < 4.78 is 40.0. The van der Waals surface area contributed by atoms with Gasteiger partial charge in [0.05, 0.1) is 39.4 Å². The summed E-state index contributed by atoms with van der Waals surface area (Å²) in [6.45, 7) is 2.93. The lowest BCUT2D eigenvalue weighted by atomic mass is 9.87. The first-order chi connectivity index (χ1) is 46.2. The molecule has 2 saturated heterocycles. The van der Waals surface area contributed by atoms with E-state index in [9.17, 15) is 47.9 Å². The molecule has 5 aromatic carbocycles. The van der Waals surface area contributed by atoms with Crippen LogP contribution in [0.3, 0.4) is 0 Å². The second kappa shape index (κ2) is 34.9. The zero-order chi connectivity index (χ0) is 68.7. The molecular weight excluding hydrogens is 1230 g/mol. The third-order valence-corrected chi connectivity index (χ3v) is 16.7. The van der Waals surface area contributed by atoms with Gasteiger partial charge in [0.25, 0.3) is 11.8 Å². The number of carbonyl (C=O) groups excluding carboxylic acids is 10. The molecule has 8 rings (SSSR count). The number of rotatable bonds is 12. The SMILES string of the molecule is COc1ccc(CC[C@H]2OC(=O)[C@@H]3CCCCN3C(=O)C(=O)C(C)(C)COC(=O)C=CCCN(C)C(=O)[C@@H](Cc3ccccc3)NC(=O)CN(C)C(=O)[C@@H](Cc3ccccc3)NC(=O)[C@H](Cc3ccc(OC(=O)N4CCOCC4)cc3)NC(=O)COc3cccc2c3)cc1OC. The molecule has 0 aliphatic carbocycles. The van der Waals surface area contributed by atoms with Crippen LogP contribution in [0.15, 0.2) is 140 Å². The van der Waals surface area contributed by atoms with Gasteiger partial charge >= 0.3 is 18.0 Å². The number of benzene rings is 5. The molecule has 510 valence electrons. The van der Waals surface area contributed by atoms with Gasteiger partial charge < -0.3 is 68.7 Å². The van der Waals surface area contributed by atoms with E-state index < -0.39 is 115 Å². The third-order valence-electron chi connectivity index (χ3n) is 16.7. The fraction of sp³-hybridized carbons (Fsp3) is 0.417. The second-order valence-electron chi connectivity index (χ2n) is 24.5. The highest BCUT2D eigenvalue weighted by molar-refractivity contribution is 6.38. The Hall–Kier alpha value is -10.1. The van der Waals surface area contributed by atoms with Crippen LogP contribution in [0.2, 0.25) is 0 Å². The molecule has 24 nitrogen and oxygen atoms in total. The van der Waals surface area contributed by atoms with Crippen molar-refractivity contribution in [2.75, 3.05) is 87.5 Å². The molecule has 7 amide bonds. The van der Waals surface area contributed by atoms with Crippen LogP contribution in [0, 0.1) is 5.41 Å². The zero-order valence-electron chi connectivity index (χ0n) is 55.1. The predicted octanol–water partition coefficient (Wildman–Crippen LogP) is 5.71. The average Bonchev–Trinajstić information content (AvgIpc) is 0.821. The minimum atomic E-state index is -1.53. The Morgan fingerprint density at radius 1 is 0.625 bits per heavy atom. The first-order valence-corrected chi connectivity index (χ1v) is 32.1. The minimum absolute atomic E-state index is 0.0356. The predicted molar refractivity (Wildman–Crippen MR) is 351 cm³/mol. The fourth-order valence-corrected chi connectivity index (χ4v) is 11.3. The van der Waals surface area contributed by atoms with Gasteiger partial charge in [-0.05, 0) is 117 Å². The summed E-state index contributed by atoms with van der Waals surface area (Å²) >= 11 is 0. The number of methoxy groups -OCH3 is 2. The number of cyclic esters (lactones) is 2. The van der Waals surface area contributed by atoms with Gasteiger partial charge in [0, 0.05) is 65.6 Å². The second-order valence-corrected chi connectivity index (χ2v) is 24.5. The number of amides is 7. The van der Waals surface area contributed by atoms with Crippen molar-refractivity contribution in [2.45, 2.75) is 102 Å². The normalized spacial score (nSPS) is 21.2. The van der Waals surface area contributed by atoms with Crippen LogP contribution in [-0.2, 0) is 83.0 Å². The smallest absolute Gasteiger partial charge is 0.415 e. The molecule has 5 atom stereocenters. The van der Waals surface area contributed by atoms with Crippen molar-refractivity contribution in [1.29, 1.82) is 0 Å². The maximum absolute atomic E-state index is 14.9. The molecular formula is C72H85N7O17. The summed E-state index contributed by atoms with van der Waals surface area (Å²) in [5, 5.41) is 8.46. The van der Waals surface area contributed by atoms with Gasteiger partial charge in [-0.2, -0.15) is 0 Å². The molecule has 0 spiro atoms. The molecule has 5 aromatic rings.